The first-order valence-electron chi connectivity index (χ1n) is 6.25. The van der Waals surface area contributed by atoms with Crippen molar-refractivity contribution in [3.05, 3.63) is 42.0 Å². The number of anilines is 1. The molecule has 2 fully saturated rings. The van der Waals surface area contributed by atoms with Crippen molar-refractivity contribution >= 4 is 17.5 Å². The Kier molecular flexibility index (Phi) is 2.37. The summed E-state index contributed by atoms with van der Waals surface area (Å²) >= 11 is 0. The third-order valence-electron chi connectivity index (χ3n) is 4.12. The topological polar surface area (TPSA) is 37.4 Å². The number of hydrogen-bond donors (Lipinski definition) is 0. The normalized spacial score (nSPS) is 32.7. The number of amides is 2. The van der Waals surface area contributed by atoms with Crippen molar-refractivity contribution in [3.63, 3.8) is 0 Å². The number of imide groups is 1. The van der Waals surface area contributed by atoms with Crippen LogP contribution in [0.15, 0.2) is 42.0 Å². The van der Waals surface area contributed by atoms with Crippen LogP contribution < -0.4 is 4.90 Å². The van der Waals surface area contributed by atoms with E-state index >= 15 is 0 Å². The molecule has 1 saturated carbocycles. The molecular weight excluding hydrogens is 226 g/mol. The highest BCUT2D eigenvalue weighted by Gasteiger charge is 2.59. The van der Waals surface area contributed by atoms with E-state index in [4.69, 9.17) is 0 Å². The molecule has 1 aromatic carbocycles. The first-order valence-corrected chi connectivity index (χ1v) is 6.25. The van der Waals surface area contributed by atoms with Crippen LogP contribution in [-0.4, -0.2) is 11.8 Å². The maximum absolute atomic E-state index is 12.4. The second kappa shape index (κ2) is 3.80. The predicted octanol–water partition coefficient (Wildman–Crippen LogP) is 2.39. The van der Waals surface area contributed by atoms with Crippen LogP contribution in [0.4, 0.5) is 5.69 Å². The summed E-state index contributed by atoms with van der Waals surface area (Å²) < 4.78 is 0. The second-order valence-electron chi connectivity index (χ2n) is 4.93. The van der Waals surface area contributed by atoms with E-state index < -0.39 is 0 Å². The fourth-order valence-electron chi connectivity index (χ4n) is 3.19. The van der Waals surface area contributed by atoms with Crippen molar-refractivity contribution in [1.82, 2.24) is 0 Å². The highest BCUT2D eigenvalue weighted by Crippen LogP contribution is 2.52. The van der Waals surface area contributed by atoms with E-state index in [-0.39, 0.29) is 29.6 Å². The maximum atomic E-state index is 12.4. The monoisotopic (exact) mass is 241 g/mol. The minimum absolute atomic E-state index is 0.0469. The van der Waals surface area contributed by atoms with Gasteiger partial charge >= 0.3 is 0 Å². The molecule has 92 valence electrons. The zero-order chi connectivity index (χ0) is 12.9. The van der Waals surface area contributed by atoms with E-state index in [9.17, 15) is 9.59 Å². The molecule has 1 heterocycles. The van der Waals surface area contributed by atoms with Gasteiger partial charge in [0.15, 0.2) is 0 Å². The van der Waals surface area contributed by atoms with Crippen molar-refractivity contribution in [2.45, 2.75) is 13.8 Å². The fraction of sp³-hybridized carbons (Fsp3) is 0.333. The van der Waals surface area contributed by atoms with Gasteiger partial charge in [0.25, 0.3) is 0 Å². The molecule has 3 rings (SSSR count). The molecule has 1 aliphatic heterocycles. The van der Waals surface area contributed by atoms with E-state index in [0.717, 1.165) is 5.57 Å². The molecule has 2 aliphatic rings. The molecule has 0 N–H and O–H groups in total. The number of fused-ring (bicyclic) bond motifs is 1. The Morgan fingerprint density at radius 2 is 1.78 bits per heavy atom. The van der Waals surface area contributed by atoms with Gasteiger partial charge in [-0.25, -0.2) is 4.90 Å². The van der Waals surface area contributed by atoms with Crippen molar-refractivity contribution in [2.75, 3.05) is 4.90 Å². The molecule has 18 heavy (non-hydrogen) atoms. The van der Waals surface area contributed by atoms with Crippen LogP contribution >= 0.6 is 0 Å². The van der Waals surface area contributed by atoms with Gasteiger partial charge in [-0.2, -0.15) is 0 Å². The lowest BCUT2D eigenvalue weighted by Gasteiger charge is -2.37. The lowest BCUT2D eigenvalue weighted by molar-refractivity contribution is -0.123. The van der Waals surface area contributed by atoms with Crippen LogP contribution in [0.25, 0.3) is 0 Å². The third kappa shape index (κ3) is 1.24. The van der Waals surface area contributed by atoms with Gasteiger partial charge in [-0.3, -0.25) is 9.59 Å². The predicted molar refractivity (Wildman–Crippen MR) is 68.8 cm³/mol. The van der Waals surface area contributed by atoms with Crippen LogP contribution in [0, 0.1) is 17.8 Å². The molecule has 0 spiro atoms. The van der Waals surface area contributed by atoms with E-state index in [1.54, 1.807) is 12.1 Å². The number of rotatable bonds is 1. The van der Waals surface area contributed by atoms with Crippen LogP contribution in [0.2, 0.25) is 0 Å². The molecule has 3 heteroatoms. The van der Waals surface area contributed by atoms with Gasteiger partial charge in [0.05, 0.1) is 17.5 Å². The highest BCUT2D eigenvalue weighted by atomic mass is 16.2. The minimum Gasteiger partial charge on any atom is -0.274 e. The SMILES string of the molecule is C/C=C1\[C@H](C)[C@H]2C(=O)N(c3ccccc3)C(=O)[C@@H]12. The smallest absolute Gasteiger partial charge is 0.241 e. The molecule has 1 aromatic rings. The molecule has 2 amide bonds. The van der Waals surface area contributed by atoms with E-state index in [1.807, 2.05) is 38.1 Å². The molecule has 1 aliphatic carbocycles. The van der Waals surface area contributed by atoms with Crippen LogP contribution in [0.5, 0.6) is 0 Å². The van der Waals surface area contributed by atoms with Gasteiger partial charge in [-0.15, -0.1) is 0 Å². The molecule has 0 aromatic heterocycles. The largest absolute Gasteiger partial charge is 0.274 e. The number of allylic oxidation sites excluding steroid dienone is 1. The van der Waals surface area contributed by atoms with Crippen molar-refractivity contribution < 1.29 is 9.59 Å². The fourth-order valence-corrected chi connectivity index (χ4v) is 3.19. The summed E-state index contributed by atoms with van der Waals surface area (Å²) in [5.74, 6) is -0.275. The quantitative estimate of drug-likeness (QED) is 0.559. The van der Waals surface area contributed by atoms with Gasteiger partial charge in [0, 0.05) is 0 Å². The number of carbonyl (C=O) groups is 2. The molecule has 3 nitrogen and oxygen atoms in total. The molecule has 0 radical (unpaired) electrons. The third-order valence-corrected chi connectivity index (χ3v) is 4.12. The molecule has 3 atom stereocenters. The summed E-state index contributed by atoms with van der Waals surface area (Å²) in [7, 11) is 0. The van der Waals surface area contributed by atoms with E-state index in [1.165, 1.54) is 4.90 Å². The summed E-state index contributed by atoms with van der Waals surface area (Å²) in [6.45, 7) is 3.96. The minimum atomic E-state index is -0.210. The van der Waals surface area contributed by atoms with E-state index in [0.29, 0.717) is 5.69 Å². The Balaban J connectivity index is 2.01. The van der Waals surface area contributed by atoms with Crippen molar-refractivity contribution in [3.8, 4) is 0 Å². The Bertz CT molecular complexity index is 547. The molecular formula is C15H15NO2. The van der Waals surface area contributed by atoms with Crippen LogP contribution in [-0.2, 0) is 9.59 Å². The van der Waals surface area contributed by atoms with Gasteiger partial charge in [-0.1, -0.05) is 36.8 Å². The lowest BCUT2D eigenvalue weighted by Crippen LogP contribution is -2.39. The molecule has 0 unspecified atom stereocenters. The summed E-state index contributed by atoms with van der Waals surface area (Å²) in [6, 6.07) is 9.18. The van der Waals surface area contributed by atoms with Crippen LogP contribution in [0.1, 0.15) is 13.8 Å². The first-order chi connectivity index (χ1) is 8.66. The summed E-state index contributed by atoms with van der Waals surface area (Å²) in [4.78, 5) is 26.0. The van der Waals surface area contributed by atoms with Crippen molar-refractivity contribution in [2.24, 2.45) is 17.8 Å². The van der Waals surface area contributed by atoms with Crippen molar-refractivity contribution in [1.29, 1.82) is 0 Å². The Hall–Kier alpha value is -1.90. The average Bonchev–Trinajstić information content (AvgIpc) is 2.59. The van der Waals surface area contributed by atoms with Gasteiger partial charge in [0.2, 0.25) is 11.8 Å². The maximum Gasteiger partial charge on any atom is 0.241 e. The van der Waals surface area contributed by atoms with Gasteiger partial charge in [-0.05, 0) is 25.0 Å². The number of para-hydroxylation sites is 1. The van der Waals surface area contributed by atoms with Gasteiger partial charge in [0.1, 0.15) is 0 Å². The summed E-state index contributed by atoms with van der Waals surface area (Å²) in [6.07, 6.45) is 1.98. The number of carbonyl (C=O) groups excluding carboxylic acids is 2. The van der Waals surface area contributed by atoms with E-state index in [2.05, 4.69) is 0 Å². The summed E-state index contributed by atoms with van der Waals surface area (Å²) in [5.41, 5.74) is 1.79. The molecule has 0 bridgehead atoms. The first kappa shape index (κ1) is 11.2. The number of benzene rings is 1. The summed E-state index contributed by atoms with van der Waals surface area (Å²) in [5, 5.41) is 0. The van der Waals surface area contributed by atoms with Crippen LogP contribution in [0.3, 0.4) is 0 Å². The zero-order valence-corrected chi connectivity index (χ0v) is 10.5. The molecule has 1 saturated heterocycles. The average molecular weight is 241 g/mol. The number of nitrogens with zero attached hydrogens (tertiary/aromatic N) is 1. The standard InChI is InChI=1S/C15H15NO2/c1-3-11-9(2)12-13(11)15(18)16(14(12)17)10-7-5-4-6-8-10/h3-9,12-13H,1-2H3/b11-3+/t9-,12+,13-/m0/s1. The zero-order valence-electron chi connectivity index (χ0n) is 10.5. The Labute approximate surface area is 106 Å². The van der Waals surface area contributed by atoms with Gasteiger partial charge < -0.3 is 0 Å². The Morgan fingerprint density at radius 1 is 1.11 bits per heavy atom. The number of hydrogen-bond acceptors (Lipinski definition) is 2. The second-order valence-corrected chi connectivity index (χ2v) is 4.93. The highest BCUT2D eigenvalue weighted by molar-refractivity contribution is 6.24. The Morgan fingerprint density at radius 3 is 2.39 bits per heavy atom. The lowest BCUT2D eigenvalue weighted by atomic mass is 9.63.